The summed E-state index contributed by atoms with van der Waals surface area (Å²) in [5, 5.41) is 18.4. The van der Waals surface area contributed by atoms with Crippen molar-refractivity contribution < 1.29 is 21.2 Å². The van der Waals surface area contributed by atoms with E-state index in [1.807, 2.05) is 5.32 Å². The van der Waals surface area contributed by atoms with Crippen LogP contribution in [0.15, 0.2) is 0 Å². The fourth-order valence-corrected chi connectivity index (χ4v) is 0.344. The van der Waals surface area contributed by atoms with Crippen LogP contribution < -0.4 is 11.0 Å². The van der Waals surface area contributed by atoms with Crippen LogP contribution in [0, 0.1) is 0 Å². The molecule has 6 heteroatoms. The number of hydrogen-bond donors (Lipinski definition) is 4. The van der Waals surface area contributed by atoms with E-state index in [9.17, 15) is 9.59 Å². The summed E-state index contributed by atoms with van der Waals surface area (Å²) in [4.78, 5) is 20.4. The van der Waals surface area contributed by atoms with Crippen molar-refractivity contribution in [2.75, 3.05) is 6.61 Å². The molecule has 0 saturated heterocycles. The van der Waals surface area contributed by atoms with Crippen molar-refractivity contribution in [3.63, 3.8) is 0 Å². The van der Waals surface area contributed by atoms with Gasteiger partial charge in [-0.05, 0) is 0 Å². The van der Waals surface area contributed by atoms with E-state index in [2.05, 4.69) is 0 Å². The van der Waals surface area contributed by atoms with E-state index in [1.165, 1.54) is 5.73 Å². The van der Waals surface area contributed by atoms with Gasteiger partial charge in [0.25, 0.3) is 0 Å². The summed E-state index contributed by atoms with van der Waals surface area (Å²) in [6, 6.07) is -2.33. The Morgan fingerprint density at radius 2 is 2.40 bits per heavy atom. The second-order valence-corrected chi connectivity index (χ2v) is 1.55. The third-order valence-electron chi connectivity index (χ3n) is 0.786. The van der Waals surface area contributed by atoms with Crippen LogP contribution in [0.5, 0.6) is 0 Å². The number of nitrogens with two attached hydrogens (primary N) is 1. The van der Waals surface area contributed by atoms with Gasteiger partial charge in [-0.3, -0.25) is 0 Å². The number of hydrogen-bond acceptors (Lipinski definition) is 3. The Morgan fingerprint density at radius 1 is 1.80 bits per heavy atom. The number of carbonyl (C=O) groups excluding carboxylic acids is 1. The lowest BCUT2D eigenvalue weighted by Gasteiger charge is -2.07. The van der Waals surface area contributed by atoms with E-state index >= 15 is 0 Å². The van der Waals surface area contributed by atoms with Crippen molar-refractivity contribution in [2.24, 2.45) is 5.73 Å². The maximum Gasteiger partial charge on any atom is 0.328 e. The Bertz CT molecular complexity index is 162. The van der Waals surface area contributed by atoms with Gasteiger partial charge >= 0.3 is 12.0 Å². The van der Waals surface area contributed by atoms with Crippen LogP contribution in [-0.2, 0) is 4.79 Å². The van der Waals surface area contributed by atoms with Crippen molar-refractivity contribution in [3.8, 4) is 0 Å². The molecule has 5 N–H and O–H groups in total. The largest absolute Gasteiger partial charge is 0.480 e. The minimum atomic E-state index is -1.36. The molecule has 0 aliphatic heterocycles. The number of aliphatic hydroxyl groups is 1. The minimum absolute atomic E-state index is 0.706. The molecule has 0 aromatic carbocycles. The number of amides is 2. The fraction of sp³-hybridized carbons (Fsp3) is 0.500. The van der Waals surface area contributed by atoms with Gasteiger partial charge in [0.15, 0.2) is 7.45 Å². The highest BCUT2D eigenvalue weighted by Gasteiger charge is 2.16. The minimum Gasteiger partial charge on any atom is -0.480 e. The topological polar surface area (TPSA) is 113 Å². The van der Waals surface area contributed by atoms with Gasteiger partial charge in [0.1, 0.15) is 0 Å². The Kier molecular flexibility index (Phi) is 2.50. The number of carboxylic acid groups (broad SMARTS) is 1. The molecule has 0 radical (unpaired) electrons. The number of carbonyl (C=O) groups is 2. The molecule has 0 bridgehead atoms. The van der Waals surface area contributed by atoms with Gasteiger partial charge in [-0.15, -0.1) is 0 Å². The van der Waals surface area contributed by atoms with E-state index in [-0.39, 0.29) is 0 Å². The summed E-state index contributed by atoms with van der Waals surface area (Å²) in [6.07, 6.45) is 0. The van der Waals surface area contributed by atoms with Gasteiger partial charge in [0, 0.05) is 0 Å². The highest BCUT2D eigenvalue weighted by molar-refractivity contribution is 5.81. The number of aliphatic carboxylic acids is 1. The predicted octanol–water partition coefficient (Wildman–Crippen LogP) is -1.90. The van der Waals surface area contributed by atoms with Gasteiger partial charge in [-0.1, -0.05) is 0 Å². The molecular weight excluding hydrogens is 140 g/mol. The van der Waals surface area contributed by atoms with Crippen LogP contribution in [0.1, 0.15) is 0 Å². The molecule has 58 valence electrons. The molecule has 0 fully saturated rings. The lowest BCUT2D eigenvalue weighted by molar-refractivity contribution is -0.140. The molecule has 0 aliphatic carbocycles. The molecule has 1 atom stereocenters. The number of urea groups is 1. The van der Waals surface area contributed by atoms with Crippen molar-refractivity contribution in [2.45, 2.75) is 6.04 Å². The quantitative estimate of drug-likeness (QED) is 0.375. The molecule has 0 heterocycles. The van der Waals surface area contributed by atoms with Crippen LogP contribution in [0.2, 0.25) is 1.41 Å². The SMILES string of the molecule is [2H]NC(=O)N[C@@H](CO)C(=O)O. The summed E-state index contributed by atoms with van der Waals surface area (Å²) in [7, 11) is 0. The third-order valence-corrected chi connectivity index (χ3v) is 0.786. The van der Waals surface area contributed by atoms with Crippen molar-refractivity contribution in [3.05, 3.63) is 0 Å². The third kappa shape index (κ3) is 2.88. The summed E-state index contributed by atoms with van der Waals surface area (Å²) in [5.41, 5.74) is 1.41. The highest BCUT2D eigenvalue weighted by Crippen LogP contribution is 1.79. The Morgan fingerprint density at radius 3 is 2.70 bits per heavy atom. The normalized spacial score (nSPS) is 13.1. The van der Waals surface area contributed by atoms with E-state index in [0.29, 0.717) is 0 Å². The number of rotatable bonds is 3. The van der Waals surface area contributed by atoms with Crippen LogP contribution >= 0.6 is 0 Å². The average Bonchev–Trinajstić information content (AvgIpc) is 1.99. The first kappa shape index (κ1) is 6.81. The standard InChI is InChI=1S/C4H8N2O4/c5-4(10)6-2(1-7)3(8)9/h2,7H,1H2,(H,8,9)(H3,5,6,10)/t2-/m0/s1/i/hD. The second-order valence-electron chi connectivity index (χ2n) is 1.55. The molecule has 0 saturated carbocycles. The van der Waals surface area contributed by atoms with Crippen LogP contribution in [0.4, 0.5) is 4.79 Å². The monoisotopic (exact) mass is 149 g/mol. The van der Waals surface area contributed by atoms with Gasteiger partial charge in [0.2, 0.25) is 0 Å². The first-order chi connectivity index (χ1) is 5.11. The van der Waals surface area contributed by atoms with Crippen molar-refractivity contribution in [1.82, 2.24) is 5.32 Å². The maximum absolute atomic E-state index is 10.3. The first-order valence-electron chi connectivity index (χ1n) is 2.93. The maximum atomic E-state index is 10.3. The van der Waals surface area contributed by atoms with E-state index in [4.69, 9.17) is 11.6 Å². The molecular formula is C4H8N2O4. The zero-order valence-corrected chi connectivity index (χ0v) is 5.00. The van der Waals surface area contributed by atoms with Crippen LogP contribution in [0.25, 0.3) is 0 Å². The summed E-state index contributed by atoms with van der Waals surface area (Å²) < 4.78 is 6.28. The van der Waals surface area contributed by atoms with Crippen molar-refractivity contribution in [1.29, 1.82) is 0 Å². The molecule has 0 aromatic rings. The van der Waals surface area contributed by atoms with Gasteiger partial charge < -0.3 is 21.3 Å². The zero-order chi connectivity index (χ0) is 8.85. The number of aliphatic hydroxyl groups excluding tert-OH is 1. The van der Waals surface area contributed by atoms with Gasteiger partial charge in [-0.2, -0.15) is 0 Å². The summed E-state index contributed by atoms with van der Waals surface area (Å²) >= 11 is 0. The average molecular weight is 149 g/mol. The molecule has 2 amide bonds. The van der Waals surface area contributed by atoms with E-state index < -0.39 is 24.6 Å². The van der Waals surface area contributed by atoms with E-state index in [1.54, 1.807) is 0 Å². The van der Waals surface area contributed by atoms with Gasteiger partial charge in [0.05, 0.1) is 6.61 Å². The van der Waals surface area contributed by atoms with Crippen LogP contribution in [-0.4, -0.2) is 34.9 Å². The highest BCUT2D eigenvalue weighted by atomic mass is 16.4. The van der Waals surface area contributed by atoms with Crippen LogP contribution in [0.3, 0.4) is 0 Å². The molecule has 10 heavy (non-hydrogen) atoms. The lowest BCUT2D eigenvalue weighted by Crippen LogP contribution is -2.45. The lowest BCUT2D eigenvalue weighted by atomic mass is 10.3. The van der Waals surface area contributed by atoms with Gasteiger partial charge in [-0.25, -0.2) is 9.59 Å². The zero-order valence-electron chi connectivity index (χ0n) is 6.00. The Balaban J connectivity index is 3.88. The molecule has 0 aromatic heterocycles. The summed E-state index contributed by atoms with van der Waals surface area (Å²) in [6.45, 7) is -0.706. The molecule has 0 spiro atoms. The predicted molar refractivity (Wildman–Crippen MR) is 31.2 cm³/mol. The molecule has 0 unspecified atom stereocenters. The Hall–Kier alpha value is -1.30. The Labute approximate surface area is 58.1 Å². The number of nitrogens with one attached hydrogen (secondary N) is 1. The second kappa shape index (κ2) is 3.67. The van der Waals surface area contributed by atoms with E-state index in [0.717, 1.165) is 0 Å². The molecule has 0 rings (SSSR count). The molecule has 0 aliphatic rings. The molecule has 6 nitrogen and oxygen atoms in total. The smallest absolute Gasteiger partial charge is 0.328 e. The van der Waals surface area contributed by atoms with Crippen molar-refractivity contribution >= 4 is 12.0 Å². The fourth-order valence-electron chi connectivity index (χ4n) is 0.344. The number of primary amides is 1. The first-order valence-corrected chi connectivity index (χ1v) is 2.43. The summed E-state index contributed by atoms with van der Waals surface area (Å²) in [5.74, 6) is -1.35. The number of carboxylic acids is 1.